The largest absolute Gasteiger partial charge is 0.377 e. The number of pyridine rings is 1. The van der Waals surface area contributed by atoms with Gasteiger partial charge in [-0.2, -0.15) is 0 Å². The Bertz CT molecular complexity index is 938. The summed E-state index contributed by atoms with van der Waals surface area (Å²) in [6.45, 7) is 0. The third-order valence-corrected chi connectivity index (χ3v) is 5.00. The van der Waals surface area contributed by atoms with Crippen LogP contribution in [0.4, 0.5) is 11.4 Å². The lowest BCUT2D eigenvalue weighted by molar-refractivity contribution is 0.602. The van der Waals surface area contributed by atoms with E-state index in [-0.39, 0.29) is 4.90 Å². The van der Waals surface area contributed by atoms with Gasteiger partial charge in [0.05, 0.1) is 10.6 Å². The molecule has 3 aromatic rings. The van der Waals surface area contributed by atoms with Gasteiger partial charge in [0.2, 0.25) is 0 Å². The van der Waals surface area contributed by atoms with Gasteiger partial charge in [-0.25, -0.2) is 8.42 Å². The Morgan fingerprint density at radius 3 is 2.26 bits per heavy atom. The van der Waals surface area contributed by atoms with E-state index < -0.39 is 10.0 Å². The van der Waals surface area contributed by atoms with Crippen molar-refractivity contribution in [1.29, 1.82) is 0 Å². The minimum absolute atomic E-state index is 0.260. The zero-order valence-electron chi connectivity index (χ0n) is 12.9. The molecule has 2 aromatic carbocycles. The SMILES string of the molecule is CN(C)c1cccc2c(S(=O)(=O)Nc3ccncc3)cccc12. The molecular formula is C17H17N3O2S. The van der Waals surface area contributed by atoms with Gasteiger partial charge < -0.3 is 4.90 Å². The minimum atomic E-state index is -3.68. The summed E-state index contributed by atoms with van der Waals surface area (Å²) in [6.07, 6.45) is 3.09. The molecule has 5 nitrogen and oxygen atoms in total. The highest BCUT2D eigenvalue weighted by Gasteiger charge is 2.18. The molecular weight excluding hydrogens is 310 g/mol. The average Bonchev–Trinajstić information content (AvgIpc) is 2.54. The third-order valence-electron chi connectivity index (χ3n) is 3.56. The van der Waals surface area contributed by atoms with Crippen LogP contribution >= 0.6 is 0 Å². The van der Waals surface area contributed by atoms with Gasteiger partial charge in [-0.1, -0.05) is 24.3 Å². The number of fused-ring (bicyclic) bond motifs is 1. The van der Waals surface area contributed by atoms with Crippen LogP contribution in [-0.4, -0.2) is 27.5 Å². The van der Waals surface area contributed by atoms with Crippen molar-refractivity contribution in [3.63, 3.8) is 0 Å². The number of nitrogens with one attached hydrogen (secondary N) is 1. The predicted molar refractivity (Wildman–Crippen MR) is 93.3 cm³/mol. The first-order valence-corrected chi connectivity index (χ1v) is 8.59. The van der Waals surface area contributed by atoms with Crippen LogP contribution in [0.1, 0.15) is 0 Å². The van der Waals surface area contributed by atoms with E-state index in [1.807, 2.05) is 43.3 Å². The standard InChI is InChI=1S/C17H17N3O2S/c1-20(2)16-7-3-6-15-14(16)5-4-8-17(15)23(21,22)19-13-9-11-18-12-10-13/h3-12H,1-2H3,(H,18,19). The molecule has 0 aliphatic carbocycles. The number of hydrogen-bond acceptors (Lipinski definition) is 4. The van der Waals surface area contributed by atoms with Crippen molar-refractivity contribution in [3.8, 4) is 0 Å². The van der Waals surface area contributed by atoms with Crippen molar-refractivity contribution in [2.45, 2.75) is 4.90 Å². The Morgan fingerprint density at radius 1 is 0.913 bits per heavy atom. The van der Waals surface area contributed by atoms with Crippen molar-refractivity contribution in [3.05, 3.63) is 60.9 Å². The second-order valence-corrected chi connectivity index (χ2v) is 7.02. The quantitative estimate of drug-likeness (QED) is 0.800. The van der Waals surface area contributed by atoms with Crippen molar-refractivity contribution < 1.29 is 8.42 Å². The molecule has 0 radical (unpaired) electrons. The molecule has 0 aliphatic rings. The Labute approximate surface area is 135 Å². The second kappa shape index (κ2) is 5.89. The van der Waals surface area contributed by atoms with Crippen LogP contribution in [0.2, 0.25) is 0 Å². The highest BCUT2D eigenvalue weighted by Crippen LogP contribution is 2.30. The van der Waals surface area contributed by atoms with Crippen molar-refractivity contribution in [1.82, 2.24) is 4.98 Å². The van der Waals surface area contributed by atoms with E-state index in [4.69, 9.17) is 0 Å². The molecule has 23 heavy (non-hydrogen) atoms. The lowest BCUT2D eigenvalue weighted by atomic mass is 10.1. The number of sulfonamides is 1. The smallest absolute Gasteiger partial charge is 0.262 e. The highest BCUT2D eigenvalue weighted by atomic mass is 32.2. The molecule has 0 amide bonds. The van der Waals surface area contributed by atoms with Gasteiger partial charge in [-0.15, -0.1) is 0 Å². The van der Waals surface area contributed by atoms with E-state index in [0.717, 1.165) is 11.1 Å². The number of rotatable bonds is 4. The molecule has 0 bridgehead atoms. The summed E-state index contributed by atoms with van der Waals surface area (Å²) in [5.41, 5.74) is 1.46. The Morgan fingerprint density at radius 2 is 1.57 bits per heavy atom. The fraction of sp³-hybridized carbons (Fsp3) is 0.118. The van der Waals surface area contributed by atoms with E-state index in [1.54, 1.807) is 36.7 Å². The number of hydrogen-bond donors (Lipinski definition) is 1. The normalized spacial score (nSPS) is 11.4. The minimum Gasteiger partial charge on any atom is -0.377 e. The number of benzene rings is 2. The second-order valence-electron chi connectivity index (χ2n) is 5.36. The monoisotopic (exact) mass is 327 g/mol. The van der Waals surface area contributed by atoms with Gasteiger partial charge in [0.1, 0.15) is 0 Å². The number of aromatic nitrogens is 1. The third kappa shape index (κ3) is 2.98. The van der Waals surface area contributed by atoms with E-state index in [1.165, 1.54) is 0 Å². The lowest BCUT2D eigenvalue weighted by Crippen LogP contribution is -2.14. The molecule has 3 rings (SSSR count). The zero-order chi connectivity index (χ0) is 16.4. The van der Waals surface area contributed by atoms with Gasteiger partial charge in [0, 0.05) is 42.9 Å². The summed E-state index contributed by atoms with van der Waals surface area (Å²) in [5, 5.41) is 1.59. The average molecular weight is 327 g/mol. The maximum absolute atomic E-state index is 12.8. The van der Waals surface area contributed by atoms with Crippen molar-refractivity contribution >= 4 is 32.2 Å². The van der Waals surface area contributed by atoms with Gasteiger partial charge >= 0.3 is 0 Å². The van der Waals surface area contributed by atoms with Crippen LogP contribution in [0.5, 0.6) is 0 Å². The van der Waals surface area contributed by atoms with Gasteiger partial charge in [0.25, 0.3) is 10.0 Å². The molecule has 0 saturated heterocycles. The molecule has 0 unspecified atom stereocenters. The summed E-state index contributed by atoms with van der Waals surface area (Å²) in [4.78, 5) is 6.12. The first-order valence-electron chi connectivity index (χ1n) is 7.11. The molecule has 6 heteroatoms. The Balaban J connectivity index is 2.14. The first-order chi connectivity index (χ1) is 11.0. The summed E-state index contributed by atoms with van der Waals surface area (Å²) in [7, 11) is 0.193. The van der Waals surface area contributed by atoms with Gasteiger partial charge in [0.15, 0.2) is 0 Å². The number of anilines is 2. The van der Waals surface area contributed by atoms with Crippen LogP contribution in [0.25, 0.3) is 10.8 Å². The predicted octanol–water partition coefficient (Wildman–Crippen LogP) is 3.10. The molecule has 0 atom stereocenters. The molecule has 1 heterocycles. The topological polar surface area (TPSA) is 62.3 Å². The zero-order valence-corrected chi connectivity index (χ0v) is 13.7. The van der Waals surface area contributed by atoms with Crippen molar-refractivity contribution in [2.24, 2.45) is 0 Å². The summed E-state index contributed by atoms with van der Waals surface area (Å²) >= 11 is 0. The van der Waals surface area contributed by atoms with Crippen LogP contribution in [0.15, 0.2) is 65.8 Å². The van der Waals surface area contributed by atoms with Crippen LogP contribution in [0, 0.1) is 0 Å². The molecule has 0 aliphatic heterocycles. The van der Waals surface area contributed by atoms with Crippen LogP contribution in [-0.2, 0) is 10.0 Å². The Kier molecular flexibility index (Phi) is 3.92. The van der Waals surface area contributed by atoms with Gasteiger partial charge in [-0.05, 0) is 24.3 Å². The lowest BCUT2D eigenvalue weighted by Gasteiger charge is -2.17. The van der Waals surface area contributed by atoms with Crippen molar-refractivity contribution in [2.75, 3.05) is 23.7 Å². The Hall–Kier alpha value is -2.60. The maximum Gasteiger partial charge on any atom is 0.262 e. The fourth-order valence-corrected chi connectivity index (χ4v) is 3.80. The highest BCUT2D eigenvalue weighted by molar-refractivity contribution is 7.93. The molecule has 118 valence electrons. The summed E-state index contributed by atoms with van der Waals surface area (Å²) in [5.74, 6) is 0. The molecule has 0 saturated carbocycles. The number of nitrogens with zero attached hydrogens (tertiary/aromatic N) is 2. The van der Waals surface area contributed by atoms with Crippen LogP contribution in [0.3, 0.4) is 0 Å². The van der Waals surface area contributed by atoms with E-state index >= 15 is 0 Å². The van der Waals surface area contributed by atoms with Crippen LogP contribution < -0.4 is 9.62 Å². The summed E-state index contributed by atoms with van der Waals surface area (Å²) < 4.78 is 28.1. The maximum atomic E-state index is 12.8. The fourth-order valence-electron chi connectivity index (χ4n) is 2.52. The summed E-state index contributed by atoms with van der Waals surface area (Å²) in [6, 6.07) is 14.2. The van der Waals surface area contributed by atoms with E-state index in [0.29, 0.717) is 11.1 Å². The molecule has 0 spiro atoms. The van der Waals surface area contributed by atoms with Gasteiger partial charge in [-0.3, -0.25) is 9.71 Å². The van der Waals surface area contributed by atoms with E-state index in [9.17, 15) is 8.42 Å². The van der Waals surface area contributed by atoms with E-state index in [2.05, 4.69) is 9.71 Å². The first kappa shape index (κ1) is 15.3. The molecule has 0 fully saturated rings. The molecule has 1 aromatic heterocycles. The molecule has 1 N–H and O–H groups in total.